The Labute approximate surface area is 220 Å². The number of anilines is 3. The number of hydrogen-bond acceptors (Lipinski definition) is 8. The fraction of sp³-hybridized carbons (Fsp3) is 0.154. The summed E-state index contributed by atoms with van der Waals surface area (Å²) >= 11 is 0. The highest BCUT2D eigenvalue weighted by Gasteiger charge is 2.30. The molecule has 0 fully saturated rings. The zero-order valence-electron chi connectivity index (χ0n) is 20.3. The Hall–Kier alpha value is -5.07. The number of rotatable bonds is 11. The molecule has 0 aliphatic carbocycles. The number of carbonyl (C=O) groups excluding carboxylic acids is 1. The SMILES string of the molecule is O=CN(Cc1cccc(C(F)(F)F)c1)c1ccc(-c2ccnc(NCCNc3ccc([N+](=O)[O-])cn3)n2)cc1. The third kappa shape index (κ3) is 7.25. The molecule has 0 bridgehead atoms. The average Bonchev–Trinajstić information content (AvgIpc) is 2.94. The van der Waals surface area contributed by atoms with Crippen LogP contribution in [0.3, 0.4) is 0 Å². The highest BCUT2D eigenvalue weighted by atomic mass is 19.4. The Kier molecular flexibility index (Phi) is 8.29. The summed E-state index contributed by atoms with van der Waals surface area (Å²) in [5, 5.41) is 16.8. The summed E-state index contributed by atoms with van der Waals surface area (Å²) in [5.74, 6) is 0.878. The van der Waals surface area contributed by atoms with E-state index >= 15 is 0 Å². The molecule has 2 aromatic heterocycles. The topological polar surface area (TPSA) is 126 Å². The summed E-state index contributed by atoms with van der Waals surface area (Å²) in [7, 11) is 0. The van der Waals surface area contributed by atoms with E-state index in [1.807, 2.05) is 0 Å². The molecule has 1 amide bonds. The predicted octanol–water partition coefficient (Wildman–Crippen LogP) is 5.15. The van der Waals surface area contributed by atoms with Crippen molar-refractivity contribution in [2.24, 2.45) is 0 Å². The van der Waals surface area contributed by atoms with Crippen molar-refractivity contribution in [3.63, 3.8) is 0 Å². The molecule has 2 heterocycles. The van der Waals surface area contributed by atoms with Gasteiger partial charge in [0, 0.05) is 36.6 Å². The third-order valence-corrected chi connectivity index (χ3v) is 5.56. The number of aromatic nitrogens is 3. The molecule has 200 valence electrons. The van der Waals surface area contributed by atoms with Crippen LogP contribution in [0, 0.1) is 10.1 Å². The number of nitrogens with one attached hydrogen (secondary N) is 2. The van der Waals surface area contributed by atoms with E-state index in [2.05, 4.69) is 25.6 Å². The first kappa shape index (κ1) is 27.0. The highest BCUT2D eigenvalue weighted by Crippen LogP contribution is 2.30. The van der Waals surface area contributed by atoms with Gasteiger partial charge >= 0.3 is 6.18 Å². The Morgan fingerprint density at radius 2 is 1.74 bits per heavy atom. The van der Waals surface area contributed by atoms with Gasteiger partial charge < -0.3 is 15.5 Å². The van der Waals surface area contributed by atoms with E-state index < -0.39 is 16.7 Å². The summed E-state index contributed by atoms with van der Waals surface area (Å²) in [4.78, 5) is 35.8. The molecule has 0 unspecified atom stereocenters. The van der Waals surface area contributed by atoms with Gasteiger partial charge in [-0.05, 0) is 42.0 Å². The van der Waals surface area contributed by atoms with Crippen LogP contribution in [0.2, 0.25) is 0 Å². The molecule has 0 aliphatic rings. The van der Waals surface area contributed by atoms with Crippen LogP contribution in [0.25, 0.3) is 11.3 Å². The van der Waals surface area contributed by atoms with Gasteiger partial charge in [-0.1, -0.05) is 24.3 Å². The predicted molar refractivity (Wildman–Crippen MR) is 139 cm³/mol. The fourth-order valence-corrected chi connectivity index (χ4v) is 3.62. The summed E-state index contributed by atoms with van der Waals surface area (Å²) in [6.45, 7) is 0.892. The lowest BCUT2D eigenvalue weighted by atomic mass is 10.1. The smallest absolute Gasteiger partial charge is 0.368 e. The third-order valence-electron chi connectivity index (χ3n) is 5.56. The summed E-state index contributed by atoms with van der Waals surface area (Å²) in [6.07, 6.45) is -1.12. The number of hydrogen-bond donors (Lipinski definition) is 2. The van der Waals surface area contributed by atoms with Gasteiger partial charge in [-0.15, -0.1) is 0 Å². The highest BCUT2D eigenvalue weighted by molar-refractivity contribution is 5.76. The van der Waals surface area contributed by atoms with E-state index in [9.17, 15) is 28.1 Å². The molecule has 39 heavy (non-hydrogen) atoms. The summed E-state index contributed by atoms with van der Waals surface area (Å²) < 4.78 is 39.0. The van der Waals surface area contributed by atoms with Gasteiger partial charge in [-0.3, -0.25) is 14.9 Å². The van der Waals surface area contributed by atoms with Crippen molar-refractivity contribution in [2.45, 2.75) is 12.7 Å². The van der Waals surface area contributed by atoms with Crippen molar-refractivity contribution in [3.8, 4) is 11.3 Å². The first-order chi connectivity index (χ1) is 18.7. The maximum Gasteiger partial charge on any atom is 0.416 e. The Morgan fingerprint density at radius 1 is 0.974 bits per heavy atom. The number of alkyl halides is 3. The van der Waals surface area contributed by atoms with Crippen molar-refractivity contribution >= 4 is 29.6 Å². The van der Waals surface area contributed by atoms with E-state index in [0.717, 1.165) is 17.7 Å². The van der Waals surface area contributed by atoms with Crippen molar-refractivity contribution in [1.29, 1.82) is 0 Å². The molecule has 10 nitrogen and oxygen atoms in total. The average molecular weight is 538 g/mol. The lowest BCUT2D eigenvalue weighted by Gasteiger charge is -2.19. The molecule has 4 rings (SSSR count). The first-order valence-corrected chi connectivity index (χ1v) is 11.6. The largest absolute Gasteiger partial charge is 0.416 e. The molecule has 13 heteroatoms. The van der Waals surface area contributed by atoms with Gasteiger partial charge in [0.25, 0.3) is 5.69 Å². The van der Waals surface area contributed by atoms with Crippen molar-refractivity contribution in [3.05, 3.63) is 100 Å². The second-order valence-electron chi connectivity index (χ2n) is 8.26. The minimum absolute atomic E-state index is 0.0161. The first-order valence-electron chi connectivity index (χ1n) is 11.6. The Morgan fingerprint density at radius 3 is 2.41 bits per heavy atom. The Bertz CT molecular complexity index is 1430. The van der Waals surface area contributed by atoms with Gasteiger partial charge in [-0.25, -0.2) is 15.0 Å². The number of nitro groups is 1. The second kappa shape index (κ2) is 12.0. The van der Waals surface area contributed by atoms with E-state index in [1.54, 1.807) is 36.5 Å². The monoisotopic (exact) mass is 537 g/mol. The van der Waals surface area contributed by atoms with E-state index in [1.165, 1.54) is 35.4 Å². The molecule has 0 radical (unpaired) electrons. The van der Waals surface area contributed by atoms with Gasteiger partial charge in [0.15, 0.2) is 0 Å². The van der Waals surface area contributed by atoms with Crippen LogP contribution in [-0.4, -0.2) is 39.4 Å². The number of benzene rings is 2. The maximum absolute atomic E-state index is 13.0. The van der Waals surface area contributed by atoms with Crippen LogP contribution < -0.4 is 15.5 Å². The minimum Gasteiger partial charge on any atom is -0.368 e. The van der Waals surface area contributed by atoms with Crippen LogP contribution in [0.5, 0.6) is 0 Å². The van der Waals surface area contributed by atoms with Crippen molar-refractivity contribution in [2.75, 3.05) is 28.6 Å². The lowest BCUT2D eigenvalue weighted by molar-refractivity contribution is -0.385. The van der Waals surface area contributed by atoms with E-state index in [-0.39, 0.29) is 12.2 Å². The zero-order valence-corrected chi connectivity index (χ0v) is 20.3. The van der Waals surface area contributed by atoms with E-state index in [4.69, 9.17) is 0 Å². The Balaban J connectivity index is 1.35. The normalized spacial score (nSPS) is 11.1. The molecule has 4 aromatic rings. The number of carbonyl (C=O) groups is 1. The zero-order chi connectivity index (χ0) is 27.8. The number of halogens is 3. The molecular formula is C26H22F3N7O3. The maximum atomic E-state index is 13.0. The molecule has 0 aliphatic heterocycles. The van der Waals surface area contributed by atoms with Crippen LogP contribution in [0.15, 0.2) is 79.1 Å². The second-order valence-corrected chi connectivity index (χ2v) is 8.26. The number of amides is 1. The van der Waals surface area contributed by atoms with Crippen LogP contribution in [0.4, 0.5) is 36.3 Å². The molecule has 2 aromatic carbocycles. The van der Waals surface area contributed by atoms with Gasteiger partial charge in [0.05, 0.1) is 22.7 Å². The van der Waals surface area contributed by atoms with Gasteiger partial charge in [0.1, 0.15) is 12.0 Å². The molecule has 2 N–H and O–H groups in total. The number of nitrogens with zero attached hydrogens (tertiary/aromatic N) is 5. The minimum atomic E-state index is -4.46. The molecule has 0 saturated carbocycles. The summed E-state index contributed by atoms with van der Waals surface area (Å²) in [6, 6.07) is 16.4. The molecular weight excluding hydrogens is 515 g/mol. The molecule has 0 saturated heterocycles. The van der Waals surface area contributed by atoms with Crippen LogP contribution >= 0.6 is 0 Å². The molecule has 0 atom stereocenters. The quantitative estimate of drug-likeness (QED) is 0.116. The number of pyridine rings is 1. The molecule has 0 spiro atoms. The van der Waals surface area contributed by atoms with Crippen LogP contribution in [-0.2, 0) is 17.5 Å². The van der Waals surface area contributed by atoms with Gasteiger partial charge in [-0.2, -0.15) is 13.2 Å². The lowest BCUT2D eigenvalue weighted by Crippen LogP contribution is -2.20. The standard InChI is InChI=1S/C26H22F3N7O3/c27-26(28,29)20-3-1-2-18(14-20)16-35(17-37)21-6-4-19(5-7-21)23-10-11-31-25(34-23)32-13-12-30-24-9-8-22(15-33-24)36(38)39/h1-11,14-15,17H,12-13,16H2,(H,30,33)(H,31,32,34). The fourth-order valence-electron chi connectivity index (χ4n) is 3.62. The summed E-state index contributed by atoms with van der Waals surface area (Å²) in [5.41, 5.74) is 1.39. The van der Waals surface area contributed by atoms with E-state index in [0.29, 0.717) is 48.2 Å². The van der Waals surface area contributed by atoms with Crippen molar-refractivity contribution < 1.29 is 22.9 Å². The van der Waals surface area contributed by atoms with Gasteiger partial charge in [0.2, 0.25) is 12.4 Å². The van der Waals surface area contributed by atoms with Crippen molar-refractivity contribution in [1.82, 2.24) is 15.0 Å². The van der Waals surface area contributed by atoms with Crippen LogP contribution in [0.1, 0.15) is 11.1 Å².